The van der Waals surface area contributed by atoms with E-state index in [0.29, 0.717) is 28.6 Å². The van der Waals surface area contributed by atoms with Crippen molar-refractivity contribution in [2.24, 2.45) is 0 Å². The van der Waals surface area contributed by atoms with Crippen molar-refractivity contribution in [2.75, 3.05) is 41.4 Å². The number of esters is 1. The number of ether oxygens (including phenoxy) is 3. The van der Waals surface area contributed by atoms with Crippen LogP contribution in [0.2, 0.25) is 5.02 Å². The lowest BCUT2D eigenvalue weighted by atomic mass is 9.95. The molecule has 0 bridgehead atoms. The molecule has 35 heavy (non-hydrogen) atoms. The number of rotatable bonds is 8. The number of hydrogen-bond acceptors (Lipinski definition) is 8. The lowest BCUT2D eigenvalue weighted by molar-refractivity contribution is -0.140. The molecule has 0 saturated carbocycles. The number of likely N-dealkylation sites (tertiary alicyclic amines) is 1. The molecule has 1 N–H and O–H groups in total. The molecule has 2 aromatic carbocycles. The fourth-order valence-corrected chi connectivity index (χ4v) is 4.02. The van der Waals surface area contributed by atoms with E-state index in [1.54, 1.807) is 12.1 Å². The van der Waals surface area contributed by atoms with E-state index in [9.17, 15) is 19.5 Å². The Hall–Kier alpha value is -3.56. The van der Waals surface area contributed by atoms with Crippen molar-refractivity contribution in [3.8, 4) is 17.2 Å². The quantitative estimate of drug-likeness (QED) is 0.193. The van der Waals surface area contributed by atoms with Crippen LogP contribution in [-0.4, -0.2) is 74.0 Å². The molecule has 9 nitrogen and oxygen atoms in total. The van der Waals surface area contributed by atoms with Gasteiger partial charge in [-0.3, -0.25) is 14.4 Å². The maximum absolute atomic E-state index is 13.2. The minimum Gasteiger partial charge on any atom is -0.507 e. The summed E-state index contributed by atoms with van der Waals surface area (Å²) in [6.45, 7) is 1.95. The van der Waals surface area contributed by atoms with E-state index in [2.05, 4.69) is 0 Å². The molecule has 3 rings (SSSR count). The van der Waals surface area contributed by atoms with Crippen LogP contribution in [0.1, 0.15) is 24.1 Å². The predicted molar refractivity (Wildman–Crippen MR) is 130 cm³/mol. The Balaban J connectivity index is 2.22. The number of likely N-dealkylation sites (N-methyl/N-ethyl adjacent to an activating group) is 1. The summed E-state index contributed by atoms with van der Waals surface area (Å²) >= 11 is 6.11. The second-order valence-electron chi connectivity index (χ2n) is 8.15. The molecule has 1 amide bonds. The Kier molecular flexibility index (Phi) is 8.03. The molecule has 1 heterocycles. The molecule has 1 unspecified atom stereocenters. The average molecular weight is 503 g/mol. The Morgan fingerprint density at radius 2 is 1.74 bits per heavy atom. The molecular formula is C25H27ClN2O7. The monoisotopic (exact) mass is 502 g/mol. The van der Waals surface area contributed by atoms with Crippen LogP contribution in [0.3, 0.4) is 0 Å². The number of aliphatic hydroxyl groups is 1. The maximum atomic E-state index is 13.2. The number of nitrogens with zero attached hydrogens (tertiary/aromatic N) is 2. The normalized spacial score (nSPS) is 17.1. The molecule has 2 aromatic rings. The fourth-order valence-electron chi connectivity index (χ4n) is 3.83. The van der Waals surface area contributed by atoms with Crippen LogP contribution in [-0.2, 0) is 14.4 Å². The number of benzene rings is 2. The molecule has 1 atom stereocenters. The van der Waals surface area contributed by atoms with E-state index in [0.717, 1.165) is 0 Å². The SMILES string of the molecule is COc1cc(/C(O)=C2/C(=O)C(=O)N(CCN(C)C)C2c2ccc(OC)c(OC(C)=O)c2)ccc1Cl. The van der Waals surface area contributed by atoms with Crippen molar-refractivity contribution < 1.29 is 33.7 Å². The lowest BCUT2D eigenvalue weighted by Crippen LogP contribution is -2.35. The first kappa shape index (κ1) is 26.1. The van der Waals surface area contributed by atoms with Gasteiger partial charge in [0.1, 0.15) is 11.5 Å². The van der Waals surface area contributed by atoms with Crippen LogP contribution in [0.4, 0.5) is 0 Å². The highest BCUT2D eigenvalue weighted by molar-refractivity contribution is 6.46. The highest BCUT2D eigenvalue weighted by Gasteiger charge is 2.46. The van der Waals surface area contributed by atoms with Crippen molar-refractivity contribution >= 4 is 35.0 Å². The Bertz CT molecular complexity index is 1190. The standard InChI is InChI=1S/C25H27ClN2O7/c1-14(29)35-20-12-15(7-9-18(20)33-4)22-21(24(31)25(32)28(22)11-10-27(2)3)23(30)16-6-8-17(26)19(13-16)34-5/h6-9,12-13,22,30H,10-11H2,1-5H3/b23-21-. The molecule has 1 fully saturated rings. The van der Waals surface area contributed by atoms with Gasteiger partial charge >= 0.3 is 5.97 Å². The lowest BCUT2D eigenvalue weighted by Gasteiger charge is -2.27. The van der Waals surface area contributed by atoms with Gasteiger partial charge in [0, 0.05) is 25.6 Å². The van der Waals surface area contributed by atoms with Crippen molar-refractivity contribution in [2.45, 2.75) is 13.0 Å². The Morgan fingerprint density at radius 1 is 1.06 bits per heavy atom. The number of carbonyl (C=O) groups excluding carboxylic acids is 3. The first-order valence-corrected chi connectivity index (χ1v) is 11.1. The Labute approximate surface area is 208 Å². The number of aliphatic hydroxyl groups excluding tert-OH is 1. The number of halogens is 1. The highest BCUT2D eigenvalue weighted by Crippen LogP contribution is 2.42. The summed E-state index contributed by atoms with van der Waals surface area (Å²) in [5.41, 5.74) is 0.620. The van der Waals surface area contributed by atoms with Gasteiger partial charge in [0.15, 0.2) is 11.5 Å². The number of ketones is 1. The molecule has 0 radical (unpaired) electrons. The van der Waals surface area contributed by atoms with Gasteiger partial charge in [0.2, 0.25) is 0 Å². The van der Waals surface area contributed by atoms with E-state index in [1.165, 1.54) is 50.3 Å². The summed E-state index contributed by atoms with van der Waals surface area (Å²) in [7, 11) is 6.55. The van der Waals surface area contributed by atoms with Crippen LogP contribution in [0, 0.1) is 0 Å². The molecule has 1 saturated heterocycles. The summed E-state index contributed by atoms with van der Waals surface area (Å²) in [4.78, 5) is 41.1. The average Bonchev–Trinajstić information content (AvgIpc) is 3.07. The third-order valence-corrected chi connectivity index (χ3v) is 5.82. The summed E-state index contributed by atoms with van der Waals surface area (Å²) < 4.78 is 15.8. The topological polar surface area (TPSA) is 106 Å². The van der Waals surface area contributed by atoms with Gasteiger partial charge in [-0.15, -0.1) is 0 Å². The van der Waals surface area contributed by atoms with Crippen molar-refractivity contribution in [3.63, 3.8) is 0 Å². The summed E-state index contributed by atoms with van der Waals surface area (Å²) in [6.07, 6.45) is 0. The number of Topliss-reactive ketones (excluding diaryl/α,β-unsaturated/α-hetero) is 1. The zero-order chi connectivity index (χ0) is 25.9. The smallest absolute Gasteiger partial charge is 0.308 e. The second kappa shape index (κ2) is 10.8. The van der Waals surface area contributed by atoms with Crippen molar-refractivity contribution in [3.05, 3.63) is 58.1 Å². The molecule has 10 heteroatoms. The highest BCUT2D eigenvalue weighted by atomic mass is 35.5. The molecule has 186 valence electrons. The maximum Gasteiger partial charge on any atom is 0.308 e. The molecule has 0 spiro atoms. The van der Waals surface area contributed by atoms with Gasteiger partial charge in [-0.25, -0.2) is 0 Å². The third-order valence-electron chi connectivity index (χ3n) is 5.51. The minimum atomic E-state index is -0.933. The van der Waals surface area contributed by atoms with Gasteiger partial charge in [-0.05, 0) is 50.0 Å². The zero-order valence-electron chi connectivity index (χ0n) is 20.1. The van der Waals surface area contributed by atoms with E-state index in [4.69, 9.17) is 25.8 Å². The van der Waals surface area contributed by atoms with Crippen LogP contribution in [0.5, 0.6) is 17.2 Å². The van der Waals surface area contributed by atoms with Gasteiger partial charge in [0.25, 0.3) is 11.7 Å². The van der Waals surface area contributed by atoms with Crippen LogP contribution >= 0.6 is 11.6 Å². The molecule has 1 aliphatic heterocycles. The second-order valence-corrected chi connectivity index (χ2v) is 8.56. The largest absolute Gasteiger partial charge is 0.507 e. The van der Waals surface area contributed by atoms with Crippen molar-refractivity contribution in [1.29, 1.82) is 0 Å². The number of methoxy groups -OCH3 is 2. The van der Waals surface area contributed by atoms with Gasteiger partial charge in [-0.1, -0.05) is 17.7 Å². The van der Waals surface area contributed by atoms with Crippen LogP contribution in [0.15, 0.2) is 42.0 Å². The van der Waals surface area contributed by atoms with Gasteiger partial charge in [0.05, 0.1) is 30.9 Å². The summed E-state index contributed by atoms with van der Waals surface area (Å²) in [6, 6.07) is 8.36. The van der Waals surface area contributed by atoms with Crippen LogP contribution < -0.4 is 14.2 Å². The molecule has 0 aliphatic carbocycles. The van der Waals surface area contributed by atoms with E-state index in [-0.39, 0.29) is 29.2 Å². The van der Waals surface area contributed by atoms with Gasteiger partial charge < -0.3 is 29.1 Å². The zero-order valence-corrected chi connectivity index (χ0v) is 20.9. The first-order valence-electron chi connectivity index (χ1n) is 10.7. The van der Waals surface area contributed by atoms with E-state index < -0.39 is 23.7 Å². The number of carbonyl (C=O) groups is 3. The number of hydrogen-bond donors (Lipinski definition) is 1. The van der Waals surface area contributed by atoms with Crippen LogP contribution in [0.25, 0.3) is 5.76 Å². The van der Waals surface area contributed by atoms with E-state index in [1.807, 2.05) is 19.0 Å². The van der Waals surface area contributed by atoms with Crippen molar-refractivity contribution in [1.82, 2.24) is 9.80 Å². The fraction of sp³-hybridized carbons (Fsp3) is 0.320. The minimum absolute atomic E-state index is 0.0999. The molecular weight excluding hydrogens is 476 g/mol. The Morgan fingerprint density at radius 3 is 2.34 bits per heavy atom. The summed E-state index contributed by atoms with van der Waals surface area (Å²) in [5.74, 6) is -1.78. The van der Waals surface area contributed by atoms with E-state index >= 15 is 0 Å². The predicted octanol–water partition coefficient (Wildman–Crippen LogP) is 3.27. The summed E-state index contributed by atoms with van der Waals surface area (Å²) in [5, 5.41) is 11.5. The number of amides is 1. The third kappa shape index (κ3) is 5.41. The van der Waals surface area contributed by atoms with Gasteiger partial charge in [-0.2, -0.15) is 0 Å². The molecule has 1 aliphatic rings. The first-order chi connectivity index (χ1) is 16.6. The molecule has 0 aromatic heterocycles.